The molecule has 1 aliphatic heterocycles. The molecule has 3 aliphatic rings. The number of Topliss-reactive ketones (excluding diaryl/α,β-unsaturated/α-hetero) is 2. The summed E-state index contributed by atoms with van der Waals surface area (Å²) in [7, 11) is 0. The van der Waals surface area contributed by atoms with E-state index >= 15 is 0 Å². The highest BCUT2D eigenvalue weighted by atomic mass is 127. The van der Waals surface area contributed by atoms with Crippen LogP contribution in [0.4, 0.5) is 0 Å². The van der Waals surface area contributed by atoms with E-state index in [1.54, 1.807) is 12.1 Å². The zero-order chi connectivity index (χ0) is 27.0. The molecule has 0 atom stereocenters. The van der Waals surface area contributed by atoms with Crippen molar-refractivity contribution in [3.05, 3.63) is 77.6 Å². The minimum atomic E-state index is -0.375. The first-order valence-electron chi connectivity index (χ1n) is 13.2. The number of ketones is 2. The van der Waals surface area contributed by atoms with Gasteiger partial charge in [0.1, 0.15) is 6.61 Å². The molecule has 0 N–H and O–H groups in total. The Balaban J connectivity index is 1.59. The highest BCUT2D eigenvalue weighted by Crippen LogP contribution is 2.50. The third-order valence-corrected chi connectivity index (χ3v) is 8.98. The van der Waals surface area contributed by atoms with E-state index in [9.17, 15) is 9.59 Å². The molecule has 38 heavy (non-hydrogen) atoms. The van der Waals surface area contributed by atoms with Gasteiger partial charge in [0.2, 0.25) is 0 Å². The number of ether oxygens (including phenoxy) is 2. The quantitative estimate of drug-likeness (QED) is 0.281. The predicted octanol–water partition coefficient (Wildman–Crippen LogP) is 8.01. The van der Waals surface area contributed by atoms with Crippen LogP contribution in [0.15, 0.2) is 52.9 Å². The number of hydrogen-bond donors (Lipinski definition) is 0. The van der Waals surface area contributed by atoms with E-state index in [1.165, 1.54) is 0 Å². The molecule has 2 aromatic carbocycles. The van der Waals surface area contributed by atoms with Gasteiger partial charge in [0, 0.05) is 47.8 Å². The Morgan fingerprint density at radius 3 is 2.13 bits per heavy atom. The van der Waals surface area contributed by atoms with Crippen molar-refractivity contribution in [1.29, 1.82) is 0 Å². The molecule has 1 heterocycles. The van der Waals surface area contributed by atoms with E-state index in [1.807, 2.05) is 25.1 Å². The van der Waals surface area contributed by atoms with E-state index in [-0.39, 0.29) is 17.5 Å². The van der Waals surface area contributed by atoms with Crippen molar-refractivity contribution in [2.75, 3.05) is 13.2 Å². The van der Waals surface area contributed by atoms with Gasteiger partial charge in [-0.2, -0.15) is 0 Å². The number of carbonyl (C=O) groups excluding carboxylic acids is 2. The lowest BCUT2D eigenvalue weighted by Gasteiger charge is -2.43. The smallest absolute Gasteiger partial charge is 0.174 e. The summed E-state index contributed by atoms with van der Waals surface area (Å²) >= 11 is 14.5. The van der Waals surface area contributed by atoms with Crippen molar-refractivity contribution >= 4 is 57.4 Å². The van der Waals surface area contributed by atoms with Crippen LogP contribution in [0.5, 0.6) is 11.5 Å². The lowest BCUT2D eigenvalue weighted by Crippen LogP contribution is -2.39. The zero-order valence-corrected chi connectivity index (χ0v) is 25.2. The number of nitrogens with zero attached hydrogens (tertiary/aromatic N) is 1. The maximum absolute atomic E-state index is 13.4. The second kappa shape index (κ2) is 11.6. The lowest BCUT2D eigenvalue weighted by atomic mass is 9.71. The highest BCUT2D eigenvalue weighted by Gasteiger charge is 2.43. The molecule has 8 heteroatoms. The number of allylic oxidation sites excluding steroid dienone is 4. The fourth-order valence-electron chi connectivity index (χ4n) is 5.87. The van der Waals surface area contributed by atoms with Crippen molar-refractivity contribution in [3.8, 4) is 11.5 Å². The minimum Gasteiger partial charge on any atom is -0.490 e. The van der Waals surface area contributed by atoms with E-state index in [4.69, 9.17) is 32.7 Å². The summed E-state index contributed by atoms with van der Waals surface area (Å²) < 4.78 is 13.2. The molecule has 200 valence electrons. The van der Waals surface area contributed by atoms with Gasteiger partial charge in [-0.1, -0.05) is 29.3 Å². The molecule has 2 aliphatic carbocycles. The molecule has 0 aromatic heterocycles. The molecule has 0 spiro atoms. The van der Waals surface area contributed by atoms with Gasteiger partial charge in [-0.25, -0.2) is 0 Å². The van der Waals surface area contributed by atoms with Crippen LogP contribution in [0.1, 0.15) is 69.4 Å². The van der Waals surface area contributed by atoms with Gasteiger partial charge in [0.25, 0.3) is 0 Å². The Hall–Kier alpha value is -2.03. The maximum Gasteiger partial charge on any atom is 0.174 e. The van der Waals surface area contributed by atoms with Gasteiger partial charge in [-0.05, 0) is 97.5 Å². The Labute approximate surface area is 247 Å². The first-order valence-corrected chi connectivity index (χ1v) is 15.0. The lowest BCUT2D eigenvalue weighted by molar-refractivity contribution is -0.117. The summed E-state index contributed by atoms with van der Waals surface area (Å²) in [5.74, 6) is 1.14. The van der Waals surface area contributed by atoms with Crippen LogP contribution in [-0.4, -0.2) is 29.6 Å². The molecule has 0 saturated heterocycles. The molecule has 5 rings (SSSR count). The number of halogens is 3. The average Bonchev–Trinajstić information content (AvgIpc) is 2.89. The van der Waals surface area contributed by atoms with Gasteiger partial charge >= 0.3 is 0 Å². The monoisotopic (exact) mass is 665 g/mol. The first-order chi connectivity index (χ1) is 18.3. The number of carbonyl (C=O) groups is 2. The standard InChI is InChI=1S/C30H30Cl2INO4/c1-3-34-22-7-5-9-24(35)28(22)27(29-23(34)8-6-10-25(29)36)18-14-21(33)30(26(15-18)37-4-2)38-16-17-11-12-19(31)20(32)13-17/h11-15,27H,3-10,16H2,1-2H3. The molecule has 0 saturated carbocycles. The fraction of sp³-hybridized carbons (Fsp3) is 0.400. The summed E-state index contributed by atoms with van der Waals surface area (Å²) in [5, 5.41) is 0.971. The highest BCUT2D eigenvalue weighted by molar-refractivity contribution is 14.1. The van der Waals surface area contributed by atoms with Crippen molar-refractivity contribution in [3.63, 3.8) is 0 Å². The number of rotatable bonds is 7. The van der Waals surface area contributed by atoms with E-state index in [2.05, 4.69) is 34.4 Å². The third kappa shape index (κ3) is 5.11. The fourth-order valence-corrected chi connectivity index (χ4v) is 6.98. The van der Waals surface area contributed by atoms with E-state index in [0.29, 0.717) is 47.6 Å². The number of hydrogen-bond acceptors (Lipinski definition) is 5. The average molecular weight is 666 g/mol. The van der Waals surface area contributed by atoms with Crippen LogP contribution in [-0.2, 0) is 16.2 Å². The van der Waals surface area contributed by atoms with Gasteiger partial charge in [0.15, 0.2) is 23.1 Å². The summed E-state index contributed by atoms with van der Waals surface area (Å²) in [6.07, 6.45) is 4.45. The number of benzene rings is 2. The Bertz CT molecular complexity index is 1320. The summed E-state index contributed by atoms with van der Waals surface area (Å²) in [5.41, 5.74) is 5.55. The Kier molecular flexibility index (Phi) is 8.41. The van der Waals surface area contributed by atoms with E-state index in [0.717, 1.165) is 69.5 Å². The maximum atomic E-state index is 13.4. The minimum absolute atomic E-state index is 0.146. The molecule has 5 nitrogen and oxygen atoms in total. The van der Waals surface area contributed by atoms with Crippen molar-refractivity contribution < 1.29 is 19.1 Å². The normalized spacial score (nSPS) is 18.1. The van der Waals surface area contributed by atoms with Crippen LogP contribution in [0.3, 0.4) is 0 Å². The molecular formula is C30H30Cl2INO4. The Morgan fingerprint density at radius 1 is 0.895 bits per heavy atom. The van der Waals surface area contributed by atoms with Crippen molar-refractivity contribution in [2.45, 2.75) is 64.9 Å². The van der Waals surface area contributed by atoms with Crippen molar-refractivity contribution in [1.82, 2.24) is 4.90 Å². The molecule has 0 radical (unpaired) electrons. The van der Waals surface area contributed by atoms with Crippen molar-refractivity contribution in [2.24, 2.45) is 0 Å². The summed E-state index contributed by atoms with van der Waals surface area (Å²) in [4.78, 5) is 29.1. The Morgan fingerprint density at radius 2 is 1.55 bits per heavy atom. The topological polar surface area (TPSA) is 55.8 Å². The molecule has 0 bridgehead atoms. The van der Waals surface area contributed by atoms with Crippen LogP contribution >= 0.6 is 45.8 Å². The summed E-state index contributed by atoms with van der Waals surface area (Å²) in [6.45, 7) is 5.54. The van der Waals surface area contributed by atoms with Crippen LogP contribution in [0.25, 0.3) is 0 Å². The predicted molar refractivity (Wildman–Crippen MR) is 158 cm³/mol. The van der Waals surface area contributed by atoms with Gasteiger partial charge in [0.05, 0.1) is 20.2 Å². The second-order valence-corrected chi connectivity index (χ2v) is 11.7. The SMILES string of the molecule is CCOc1cc(C2C3=C(CCCC3=O)N(CC)C3=C2C(=O)CCC3)cc(I)c1OCc1ccc(Cl)c(Cl)c1. The molecule has 2 aromatic rings. The molecule has 0 unspecified atom stereocenters. The largest absolute Gasteiger partial charge is 0.490 e. The van der Waals surface area contributed by atoms with Crippen LogP contribution < -0.4 is 9.47 Å². The summed E-state index contributed by atoms with van der Waals surface area (Å²) in [6, 6.07) is 9.42. The van der Waals surface area contributed by atoms with Gasteiger partial charge < -0.3 is 14.4 Å². The van der Waals surface area contributed by atoms with E-state index < -0.39 is 0 Å². The van der Waals surface area contributed by atoms with Gasteiger partial charge in [-0.3, -0.25) is 9.59 Å². The third-order valence-electron chi connectivity index (χ3n) is 7.43. The molecular weight excluding hydrogens is 636 g/mol. The van der Waals surface area contributed by atoms with Gasteiger partial charge in [-0.15, -0.1) is 0 Å². The first kappa shape index (κ1) is 27.5. The van der Waals surface area contributed by atoms with Crippen LogP contribution in [0.2, 0.25) is 10.0 Å². The zero-order valence-electron chi connectivity index (χ0n) is 21.5. The second-order valence-electron chi connectivity index (χ2n) is 9.75. The van der Waals surface area contributed by atoms with Crippen LogP contribution in [0, 0.1) is 3.57 Å². The molecule has 0 fully saturated rings. The molecule has 0 amide bonds.